The summed E-state index contributed by atoms with van der Waals surface area (Å²) < 4.78 is 3.29. The van der Waals surface area contributed by atoms with Gasteiger partial charge in [0.05, 0.1) is 0 Å². The largest absolute Gasteiger partial charge is 0.303 e. The van der Waals surface area contributed by atoms with Crippen LogP contribution in [-0.2, 0) is 6.42 Å². The molecule has 2 aromatic rings. The fourth-order valence-electron chi connectivity index (χ4n) is 1.94. The van der Waals surface area contributed by atoms with Gasteiger partial charge in [0.15, 0.2) is 0 Å². The fraction of sp³-hybridized carbons (Fsp3) is 0.462. The van der Waals surface area contributed by atoms with Gasteiger partial charge in [0.25, 0.3) is 0 Å². The van der Waals surface area contributed by atoms with Gasteiger partial charge in [0.1, 0.15) is 5.65 Å². The molecule has 0 unspecified atom stereocenters. The van der Waals surface area contributed by atoms with Crippen LogP contribution >= 0.6 is 15.9 Å². The molecule has 0 atom stereocenters. The highest BCUT2D eigenvalue weighted by Crippen LogP contribution is 2.23. The van der Waals surface area contributed by atoms with Crippen LogP contribution in [0.25, 0.3) is 5.65 Å². The lowest BCUT2D eigenvalue weighted by molar-refractivity contribution is 0.405. The maximum absolute atomic E-state index is 4.49. The predicted octanol–water partition coefficient (Wildman–Crippen LogP) is 3.99. The van der Waals surface area contributed by atoms with Crippen molar-refractivity contribution in [1.29, 1.82) is 0 Å². The number of hydrogen-bond donors (Lipinski definition) is 0. The van der Waals surface area contributed by atoms with E-state index < -0.39 is 0 Å². The van der Waals surface area contributed by atoms with Crippen molar-refractivity contribution in [2.75, 3.05) is 0 Å². The number of imidazole rings is 1. The van der Waals surface area contributed by atoms with E-state index in [1.165, 1.54) is 11.3 Å². The van der Waals surface area contributed by atoms with Crippen molar-refractivity contribution < 1.29 is 0 Å². The number of rotatable bonds is 1. The summed E-state index contributed by atoms with van der Waals surface area (Å²) >= 11 is 3.53. The van der Waals surface area contributed by atoms with Crippen LogP contribution in [0.3, 0.4) is 0 Å². The minimum Gasteiger partial charge on any atom is -0.303 e. The van der Waals surface area contributed by atoms with Gasteiger partial charge in [-0.1, -0.05) is 20.8 Å². The second-order valence-electron chi connectivity index (χ2n) is 5.52. The van der Waals surface area contributed by atoms with Crippen molar-refractivity contribution in [2.45, 2.75) is 34.1 Å². The molecule has 2 rings (SSSR count). The van der Waals surface area contributed by atoms with Crippen molar-refractivity contribution in [2.24, 2.45) is 5.41 Å². The van der Waals surface area contributed by atoms with Gasteiger partial charge >= 0.3 is 0 Å². The van der Waals surface area contributed by atoms with Gasteiger partial charge in [-0.3, -0.25) is 0 Å². The van der Waals surface area contributed by atoms with Crippen LogP contribution < -0.4 is 0 Å². The lowest BCUT2D eigenvalue weighted by Crippen LogP contribution is -2.11. The summed E-state index contributed by atoms with van der Waals surface area (Å²) in [6, 6.07) is 2.10. The predicted molar refractivity (Wildman–Crippen MR) is 70.8 cm³/mol. The van der Waals surface area contributed by atoms with E-state index in [4.69, 9.17) is 0 Å². The molecular formula is C13H17BrN2. The minimum atomic E-state index is 0.284. The molecule has 0 N–H and O–H groups in total. The van der Waals surface area contributed by atoms with Gasteiger partial charge in [-0.15, -0.1) is 0 Å². The van der Waals surface area contributed by atoms with Crippen LogP contribution in [0, 0.1) is 12.3 Å². The summed E-state index contributed by atoms with van der Waals surface area (Å²) in [6.07, 6.45) is 5.11. The number of aryl methyl sites for hydroxylation is 1. The zero-order valence-electron chi connectivity index (χ0n) is 10.2. The van der Waals surface area contributed by atoms with E-state index in [0.717, 1.165) is 16.5 Å². The van der Waals surface area contributed by atoms with E-state index in [-0.39, 0.29) is 5.41 Å². The van der Waals surface area contributed by atoms with E-state index in [0.29, 0.717) is 0 Å². The average Bonchev–Trinajstić information content (AvgIpc) is 2.46. The lowest BCUT2D eigenvalue weighted by Gasteiger charge is -2.17. The monoisotopic (exact) mass is 280 g/mol. The Hall–Kier alpha value is -0.830. The normalized spacial score (nSPS) is 12.3. The first-order valence-corrected chi connectivity index (χ1v) is 6.28. The molecule has 2 heterocycles. The fourth-order valence-corrected chi connectivity index (χ4v) is 2.49. The van der Waals surface area contributed by atoms with Crippen molar-refractivity contribution in [3.8, 4) is 0 Å². The smallest absolute Gasteiger partial charge is 0.139 e. The van der Waals surface area contributed by atoms with Crippen molar-refractivity contribution in [3.63, 3.8) is 0 Å². The Morgan fingerprint density at radius 3 is 2.69 bits per heavy atom. The van der Waals surface area contributed by atoms with Crippen molar-refractivity contribution in [1.82, 2.24) is 9.38 Å². The molecule has 0 radical (unpaired) electrons. The second-order valence-corrected chi connectivity index (χ2v) is 6.44. The number of nitrogens with zero attached hydrogens (tertiary/aromatic N) is 2. The third-order valence-corrected chi connectivity index (χ3v) is 2.98. The van der Waals surface area contributed by atoms with Gasteiger partial charge in [-0.2, -0.15) is 0 Å². The van der Waals surface area contributed by atoms with E-state index in [1.54, 1.807) is 0 Å². The van der Waals surface area contributed by atoms with E-state index in [2.05, 4.69) is 65.3 Å². The molecule has 0 aliphatic heterocycles. The molecule has 86 valence electrons. The molecule has 0 spiro atoms. The molecule has 0 fully saturated rings. The summed E-state index contributed by atoms with van der Waals surface area (Å²) in [5.41, 5.74) is 3.82. The number of fused-ring (bicyclic) bond motifs is 1. The molecule has 16 heavy (non-hydrogen) atoms. The molecule has 0 aliphatic carbocycles. The van der Waals surface area contributed by atoms with Crippen LogP contribution in [-0.4, -0.2) is 9.38 Å². The van der Waals surface area contributed by atoms with Crippen LogP contribution in [0.1, 0.15) is 32.0 Å². The minimum absolute atomic E-state index is 0.284. The number of aromatic nitrogens is 2. The topological polar surface area (TPSA) is 17.3 Å². The molecular weight excluding hydrogens is 264 g/mol. The molecule has 3 heteroatoms. The molecule has 0 aromatic carbocycles. The summed E-state index contributed by atoms with van der Waals surface area (Å²) in [7, 11) is 0. The van der Waals surface area contributed by atoms with E-state index >= 15 is 0 Å². The zero-order chi connectivity index (χ0) is 11.9. The summed E-state index contributed by atoms with van der Waals surface area (Å²) in [6.45, 7) is 8.83. The highest BCUT2D eigenvalue weighted by atomic mass is 79.9. The van der Waals surface area contributed by atoms with Crippen molar-refractivity contribution >= 4 is 21.6 Å². The first-order valence-electron chi connectivity index (χ1n) is 5.49. The van der Waals surface area contributed by atoms with Gasteiger partial charge in [-0.05, 0) is 46.3 Å². The van der Waals surface area contributed by atoms with Gasteiger partial charge in [0.2, 0.25) is 0 Å². The molecule has 0 amide bonds. The zero-order valence-corrected chi connectivity index (χ0v) is 11.8. The Balaban J connectivity index is 2.56. The van der Waals surface area contributed by atoms with Gasteiger partial charge in [-0.25, -0.2) is 4.98 Å². The Labute approximate surface area is 105 Å². The van der Waals surface area contributed by atoms with E-state index in [9.17, 15) is 0 Å². The SMILES string of the molecule is Cc1cc(Br)cn2c(CC(C)(C)C)cnc12. The lowest BCUT2D eigenvalue weighted by atomic mass is 9.91. The molecule has 2 nitrogen and oxygen atoms in total. The first kappa shape index (κ1) is 11.6. The molecule has 0 saturated carbocycles. The number of pyridine rings is 1. The molecule has 0 bridgehead atoms. The van der Waals surface area contributed by atoms with Crippen LogP contribution in [0.4, 0.5) is 0 Å². The Morgan fingerprint density at radius 1 is 1.38 bits per heavy atom. The maximum atomic E-state index is 4.49. The highest BCUT2D eigenvalue weighted by Gasteiger charge is 2.15. The Morgan fingerprint density at radius 2 is 2.06 bits per heavy atom. The summed E-state index contributed by atoms with van der Waals surface area (Å²) in [4.78, 5) is 4.49. The second kappa shape index (κ2) is 3.88. The van der Waals surface area contributed by atoms with Gasteiger partial charge < -0.3 is 4.40 Å². The Kier molecular flexibility index (Phi) is 2.82. The number of halogens is 1. The first-order chi connectivity index (χ1) is 7.37. The summed E-state index contributed by atoms with van der Waals surface area (Å²) in [5.74, 6) is 0. The molecule has 2 aromatic heterocycles. The van der Waals surface area contributed by atoms with Gasteiger partial charge in [0, 0.05) is 22.6 Å². The Bertz CT molecular complexity index is 520. The van der Waals surface area contributed by atoms with E-state index in [1.807, 2.05) is 6.20 Å². The molecule has 0 saturated heterocycles. The van der Waals surface area contributed by atoms with Crippen LogP contribution in [0.15, 0.2) is 22.9 Å². The quantitative estimate of drug-likeness (QED) is 0.772. The van der Waals surface area contributed by atoms with Crippen molar-refractivity contribution in [3.05, 3.63) is 34.2 Å². The third kappa shape index (κ3) is 2.29. The molecule has 0 aliphatic rings. The maximum Gasteiger partial charge on any atom is 0.139 e. The third-order valence-electron chi connectivity index (χ3n) is 2.54. The summed E-state index contributed by atoms with van der Waals surface area (Å²) in [5, 5.41) is 0. The van der Waals surface area contributed by atoms with Crippen LogP contribution in [0.5, 0.6) is 0 Å². The standard InChI is InChI=1S/C13H17BrN2/c1-9-5-10(14)8-16-11(6-13(2,3)4)7-15-12(9)16/h5,7-8H,6H2,1-4H3. The average molecular weight is 281 g/mol. The number of hydrogen-bond acceptors (Lipinski definition) is 1. The van der Waals surface area contributed by atoms with Crippen LogP contribution in [0.2, 0.25) is 0 Å². The highest BCUT2D eigenvalue weighted by molar-refractivity contribution is 9.10.